The van der Waals surface area contributed by atoms with Crippen molar-refractivity contribution in [1.29, 1.82) is 0 Å². The number of nitrogens with zero attached hydrogens (tertiary/aromatic N) is 1. The molecule has 8 rings (SSSR count). The zero-order valence-corrected chi connectivity index (χ0v) is 41.7. The number of aliphatic hydroxyl groups is 1. The van der Waals surface area contributed by atoms with Crippen molar-refractivity contribution in [2.45, 2.75) is 90.3 Å². The number of hydrogen-bond donors (Lipinski definition) is 4. The van der Waals surface area contributed by atoms with Crippen molar-refractivity contribution in [3.8, 4) is 11.1 Å². The molecule has 0 aromatic heterocycles. The van der Waals surface area contributed by atoms with Crippen molar-refractivity contribution in [2.75, 3.05) is 13.2 Å². The molecule has 11 heteroatoms. The van der Waals surface area contributed by atoms with Crippen molar-refractivity contribution >= 4 is 40.8 Å². The zero-order chi connectivity index (χ0) is 50.0. The molecule has 0 spiro atoms. The fraction of sp³-hybridized carbons (Fsp3) is 0.300. The molecule has 0 fully saturated rings. The largest absolute Gasteiger partial charge is 0.511 e. The minimum atomic E-state index is -0.990. The fourth-order valence-electron chi connectivity index (χ4n) is 9.90. The Hall–Kier alpha value is -6.85. The van der Waals surface area contributed by atoms with E-state index in [2.05, 4.69) is 78.5 Å². The van der Waals surface area contributed by atoms with Crippen LogP contribution in [0, 0.1) is 11.3 Å². The lowest BCUT2D eigenvalue weighted by Gasteiger charge is -2.37. The van der Waals surface area contributed by atoms with E-state index in [4.69, 9.17) is 26.1 Å². The number of Topliss-reactive ketones (excluding diaryl/α,β-unsaturated/α-hetero) is 1. The van der Waals surface area contributed by atoms with E-state index in [1.807, 2.05) is 123 Å². The molecule has 0 bridgehead atoms. The molecule has 6 aromatic rings. The molecule has 10 nitrogen and oxygen atoms in total. The van der Waals surface area contributed by atoms with Gasteiger partial charge in [-0.25, -0.2) is 15.0 Å². The van der Waals surface area contributed by atoms with Crippen LogP contribution in [0.25, 0.3) is 11.1 Å². The number of ether oxygens (including phenoxy) is 2. The summed E-state index contributed by atoms with van der Waals surface area (Å²) < 4.78 is 11.8. The number of unbranched alkanes of at least 4 members (excludes halogenated alkanes) is 1. The molecule has 1 atom stereocenters. The van der Waals surface area contributed by atoms with Crippen molar-refractivity contribution in [3.63, 3.8) is 0 Å². The van der Waals surface area contributed by atoms with Crippen LogP contribution < -0.4 is 16.2 Å². The molecular weight excluding hydrogens is 908 g/mol. The number of fused-ring (bicyclic) bond motifs is 3. The number of allylic oxidation sites excluding steroid dienone is 2. The third-order valence-corrected chi connectivity index (χ3v) is 13.6. The summed E-state index contributed by atoms with van der Waals surface area (Å²) in [4.78, 5) is 45.7. The Bertz CT molecular complexity index is 2790. The summed E-state index contributed by atoms with van der Waals surface area (Å²) in [6, 6.07) is 50.7. The van der Waals surface area contributed by atoms with Crippen molar-refractivity contribution < 1.29 is 29.0 Å². The van der Waals surface area contributed by atoms with Crippen LogP contribution in [0.15, 0.2) is 174 Å². The highest BCUT2D eigenvalue weighted by Crippen LogP contribution is 2.45. The third-order valence-electron chi connectivity index (χ3n) is 13.3. The molecule has 0 saturated heterocycles. The van der Waals surface area contributed by atoms with Crippen LogP contribution in [0.1, 0.15) is 106 Å². The average molecular weight is 972 g/mol. The quantitative estimate of drug-likeness (QED) is 0.0195. The van der Waals surface area contributed by atoms with Gasteiger partial charge in [0.2, 0.25) is 0 Å². The van der Waals surface area contributed by atoms with Crippen LogP contribution in [0.4, 0.5) is 10.5 Å². The van der Waals surface area contributed by atoms with Gasteiger partial charge in [-0.1, -0.05) is 179 Å². The zero-order valence-electron chi connectivity index (χ0n) is 40.9. The number of halogens is 1. The number of rotatable bonds is 20. The second-order valence-electron chi connectivity index (χ2n) is 19.7. The van der Waals surface area contributed by atoms with E-state index in [1.165, 1.54) is 0 Å². The molecule has 0 unspecified atom stereocenters. The normalized spacial score (nSPS) is 15.0. The van der Waals surface area contributed by atoms with Crippen LogP contribution >= 0.6 is 11.6 Å². The molecule has 4 N–H and O–H groups in total. The Kier molecular flexibility index (Phi) is 16.3. The van der Waals surface area contributed by atoms with Crippen molar-refractivity contribution in [1.82, 2.24) is 16.2 Å². The summed E-state index contributed by atoms with van der Waals surface area (Å²) in [5, 5.41) is 14.4. The van der Waals surface area contributed by atoms with Gasteiger partial charge in [0.25, 0.3) is 0 Å². The number of aliphatic hydroxyl groups excluding tert-OH is 1. The Labute approximate surface area is 422 Å². The van der Waals surface area contributed by atoms with Gasteiger partial charge in [0.05, 0.1) is 17.0 Å². The number of aliphatic imine (C=N–C) groups is 1. The summed E-state index contributed by atoms with van der Waals surface area (Å²) in [5.41, 5.74) is 15.5. The van der Waals surface area contributed by atoms with E-state index in [9.17, 15) is 19.5 Å². The number of hydrogen-bond acceptors (Lipinski definition) is 9. The maximum atomic E-state index is 14.0. The van der Waals surface area contributed by atoms with Gasteiger partial charge in [-0.2, -0.15) is 0 Å². The van der Waals surface area contributed by atoms with Gasteiger partial charge in [-0.15, -0.1) is 0 Å². The summed E-state index contributed by atoms with van der Waals surface area (Å²) in [7, 11) is 0. The van der Waals surface area contributed by atoms with Gasteiger partial charge in [0.1, 0.15) is 30.6 Å². The molecule has 0 radical (unpaired) electrons. The average Bonchev–Trinajstić information content (AvgIpc) is 3.68. The lowest BCUT2D eigenvalue weighted by Crippen LogP contribution is -2.52. The van der Waals surface area contributed by atoms with Crippen molar-refractivity contribution in [3.05, 3.63) is 207 Å². The molecule has 0 heterocycles. The van der Waals surface area contributed by atoms with Gasteiger partial charge in [-0.05, 0) is 94.2 Å². The van der Waals surface area contributed by atoms with Gasteiger partial charge < -0.3 is 19.9 Å². The Morgan fingerprint density at radius 3 is 1.96 bits per heavy atom. The number of carbonyl (C=O) groups is 3. The molecule has 0 saturated carbocycles. The van der Waals surface area contributed by atoms with Gasteiger partial charge in [-0.3, -0.25) is 15.2 Å². The van der Waals surface area contributed by atoms with E-state index in [0.29, 0.717) is 72.6 Å². The van der Waals surface area contributed by atoms with Crippen LogP contribution in [-0.2, 0) is 31.2 Å². The predicted octanol–water partition coefficient (Wildman–Crippen LogP) is 12.9. The van der Waals surface area contributed by atoms with Crippen molar-refractivity contribution in [2.24, 2.45) is 16.3 Å². The highest BCUT2D eigenvalue weighted by molar-refractivity contribution is 6.31. The topological polar surface area (TPSA) is 138 Å². The molecule has 0 aliphatic heterocycles. The number of carbonyl (C=O) groups excluding carboxylic acids is 3. The standard InChI is InChI=1S/C60H63ClN4O6/c1-40(2)35-53(56-54(66)36-59(3,4)37-55(56)67)63-44-32-30-41(31-33-44)38-70-57(68)52(64-58(69)71-39-49-47-25-13-11-23-45(47)46-24-12-14-26-48(46)49)29-17-18-34-62-65-60(42-19-7-5-8-20-42,43-21-9-6-10-22-43)50-27-15-16-28-51(50)61/h5-16,19-28,30-33,40,49,52,62,65-66H,17-18,29,34-39H2,1-4H3,(H,64,69)/t52-/m0/s1. The Balaban J connectivity index is 0.949. The van der Waals surface area contributed by atoms with Gasteiger partial charge in [0.15, 0.2) is 5.78 Å². The van der Waals surface area contributed by atoms with E-state index < -0.39 is 23.6 Å². The van der Waals surface area contributed by atoms with Gasteiger partial charge >= 0.3 is 12.1 Å². The fourth-order valence-corrected chi connectivity index (χ4v) is 10.2. The Morgan fingerprint density at radius 2 is 1.35 bits per heavy atom. The van der Waals surface area contributed by atoms with E-state index in [-0.39, 0.29) is 42.0 Å². The lowest BCUT2D eigenvalue weighted by molar-refractivity contribution is -0.147. The minimum Gasteiger partial charge on any atom is -0.511 e. The monoisotopic (exact) mass is 970 g/mol. The molecule has 6 aromatic carbocycles. The summed E-state index contributed by atoms with van der Waals surface area (Å²) in [6.07, 6.45) is 2.07. The first-order chi connectivity index (χ1) is 34.3. The van der Waals surface area contributed by atoms with Crippen LogP contribution in [0.3, 0.4) is 0 Å². The highest BCUT2D eigenvalue weighted by Gasteiger charge is 2.38. The summed E-state index contributed by atoms with van der Waals surface area (Å²) in [5.74, 6) is -0.537. The summed E-state index contributed by atoms with van der Waals surface area (Å²) >= 11 is 6.95. The molecule has 1 amide bonds. The first kappa shape index (κ1) is 50.5. The van der Waals surface area contributed by atoms with E-state index in [1.54, 1.807) is 0 Å². The second-order valence-corrected chi connectivity index (χ2v) is 20.1. The molecule has 366 valence electrons. The molecule has 71 heavy (non-hydrogen) atoms. The number of benzene rings is 6. The van der Waals surface area contributed by atoms with Gasteiger partial charge in [0, 0.05) is 35.9 Å². The smallest absolute Gasteiger partial charge is 0.407 e. The summed E-state index contributed by atoms with van der Waals surface area (Å²) in [6.45, 7) is 8.64. The van der Waals surface area contributed by atoms with Crippen LogP contribution in [0.5, 0.6) is 0 Å². The predicted molar refractivity (Wildman–Crippen MR) is 282 cm³/mol. The molecular formula is C60H63ClN4O6. The SMILES string of the molecule is CC(C)CC(=Nc1ccc(COC(=O)[C@H](CCCCNNC(c2ccccc2)(c2ccccc2)c2ccccc2Cl)NC(=O)OCC2c3ccccc3-c3ccccc32)cc1)C1=C(O)CC(C)(C)CC1=O. The minimum absolute atomic E-state index is 0.0430. The van der Waals surface area contributed by atoms with E-state index >= 15 is 0 Å². The first-order valence-electron chi connectivity index (χ1n) is 24.6. The number of hydrazine groups is 1. The number of esters is 1. The maximum absolute atomic E-state index is 14.0. The second kappa shape index (κ2) is 22.9. The highest BCUT2D eigenvalue weighted by atomic mass is 35.5. The number of ketones is 1. The number of nitrogens with one attached hydrogen (secondary N) is 3. The molecule has 2 aliphatic carbocycles. The van der Waals surface area contributed by atoms with Crippen LogP contribution in [0.2, 0.25) is 5.02 Å². The Morgan fingerprint density at radius 1 is 0.761 bits per heavy atom. The first-order valence-corrected chi connectivity index (χ1v) is 25.0. The van der Waals surface area contributed by atoms with Crippen LogP contribution in [-0.4, -0.2) is 47.9 Å². The lowest BCUT2D eigenvalue weighted by atomic mass is 9.75. The van der Waals surface area contributed by atoms with E-state index in [0.717, 1.165) is 38.9 Å². The molecule has 2 aliphatic rings. The maximum Gasteiger partial charge on any atom is 0.407 e. The number of alkyl carbamates (subject to hydrolysis) is 1. The third kappa shape index (κ3) is 12.0. The number of amides is 1.